The molecule has 2 aromatic heterocycles. The van der Waals surface area contributed by atoms with Crippen LogP contribution in [-0.4, -0.2) is 48.0 Å². The molecule has 0 atom stereocenters. The molecule has 2 aromatic rings. The summed E-state index contributed by atoms with van der Waals surface area (Å²) in [7, 11) is 0. The van der Waals surface area contributed by atoms with Gasteiger partial charge in [-0.05, 0) is 50.5 Å². The van der Waals surface area contributed by atoms with E-state index in [4.69, 9.17) is 31.8 Å². The summed E-state index contributed by atoms with van der Waals surface area (Å²) < 4.78 is 10.5. The fourth-order valence-corrected chi connectivity index (χ4v) is 4.99. The Bertz CT molecular complexity index is 882. The van der Waals surface area contributed by atoms with Crippen LogP contribution in [0.2, 0.25) is 5.02 Å². The number of nitrogens with zero attached hydrogens (tertiary/aromatic N) is 2. The molecule has 0 aromatic carbocycles. The van der Waals surface area contributed by atoms with Gasteiger partial charge in [0.05, 0.1) is 10.7 Å². The zero-order valence-electron chi connectivity index (χ0n) is 17.3. The van der Waals surface area contributed by atoms with Gasteiger partial charge >= 0.3 is 6.09 Å². The second-order valence-corrected chi connectivity index (χ2v) is 9.34. The summed E-state index contributed by atoms with van der Waals surface area (Å²) in [6, 6.07) is 2.22. The summed E-state index contributed by atoms with van der Waals surface area (Å²) in [6.07, 6.45) is 6.39. The van der Waals surface area contributed by atoms with Crippen LogP contribution in [-0.2, 0) is 9.47 Å². The molecule has 2 fully saturated rings. The van der Waals surface area contributed by atoms with Crippen molar-refractivity contribution in [1.82, 2.24) is 9.97 Å². The number of hydrogen-bond donors (Lipinski definition) is 3. The number of carbonyl (C=O) groups excluding carboxylic acids is 1. The highest BCUT2D eigenvalue weighted by molar-refractivity contribution is 7.14. The van der Waals surface area contributed by atoms with Gasteiger partial charge in [-0.25, -0.2) is 14.8 Å². The van der Waals surface area contributed by atoms with E-state index in [0.29, 0.717) is 10.9 Å². The van der Waals surface area contributed by atoms with E-state index in [1.165, 1.54) is 0 Å². The first-order valence-corrected chi connectivity index (χ1v) is 12.0. The quantitative estimate of drug-likeness (QED) is 0.551. The minimum Gasteiger partial charge on any atom is -0.446 e. The fourth-order valence-electron chi connectivity index (χ4n) is 4.07. The maximum atomic E-state index is 10.9. The van der Waals surface area contributed by atoms with Gasteiger partial charge in [-0.1, -0.05) is 11.6 Å². The number of halogens is 1. The molecule has 0 spiro atoms. The molecular formula is C21H28ClN5O3S. The molecule has 4 N–H and O–H groups in total. The number of amides is 1. The van der Waals surface area contributed by atoms with Gasteiger partial charge in [0.1, 0.15) is 11.9 Å². The number of nitrogens with one attached hydrogen (secondary N) is 2. The molecule has 1 aliphatic heterocycles. The van der Waals surface area contributed by atoms with Gasteiger partial charge in [-0.3, -0.25) is 0 Å². The molecule has 1 aliphatic carbocycles. The summed E-state index contributed by atoms with van der Waals surface area (Å²) in [6.45, 7) is 2.60. The normalized spacial score (nSPS) is 22.1. The third kappa shape index (κ3) is 6.21. The molecule has 3 heterocycles. The lowest BCUT2D eigenvalue weighted by molar-refractivity contribution is 0.0699. The van der Waals surface area contributed by atoms with Crippen LogP contribution in [0.1, 0.15) is 38.5 Å². The number of anilines is 2. The molecule has 1 amide bonds. The molecule has 168 valence electrons. The Hall–Kier alpha value is -2.10. The average Bonchev–Trinajstić information content (AvgIpc) is 3.24. The van der Waals surface area contributed by atoms with Crippen LogP contribution in [0.5, 0.6) is 0 Å². The van der Waals surface area contributed by atoms with Crippen LogP contribution in [0.3, 0.4) is 0 Å². The minimum atomic E-state index is -0.703. The SMILES string of the molecule is NC(=O)O[C@H]1CC[C@H](Nc2cc(-c3csc(NCC4CCOCC4)n3)c(Cl)cn2)CC1. The first kappa shape index (κ1) is 22.1. The largest absolute Gasteiger partial charge is 0.446 e. The van der Waals surface area contributed by atoms with E-state index in [9.17, 15) is 4.79 Å². The molecule has 10 heteroatoms. The maximum Gasteiger partial charge on any atom is 0.404 e. The van der Waals surface area contributed by atoms with Crippen LogP contribution < -0.4 is 16.4 Å². The van der Waals surface area contributed by atoms with Crippen LogP contribution in [0, 0.1) is 5.92 Å². The molecule has 0 bridgehead atoms. The summed E-state index contributed by atoms with van der Waals surface area (Å²) >= 11 is 8.01. The predicted octanol–water partition coefficient (Wildman–Crippen LogP) is 4.52. The highest BCUT2D eigenvalue weighted by atomic mass is 35.5. The van der Waals surface area contributed by atoms with Crippen molar-refractivity contribution in [3.05, 3.63) is 22.7 Å². The number of hydrogen-bond acceptors (Lipinski definition) is 8. The average molecular weight is 466 g/mol. The smallest absolute Gasteiger partial charge is 0.404 e. The Kier molecular flexibility index (Phi) is 7.47. The fraction of sp³-hybridized carbons (Fsp3) is 0.571. The van der Waals surface area contributed by atoms with Gasteiger partial charge < -0.3 is 25.8 Å². The Morgan fingerprint density at radius 1 is 1.26 bits per heavy atom. The molecule has 1 saturated carbocycles. The zero-order chi connectivity index (χ0) is 21.6. The second kappa shape index (κ2) is 10.5. The lowest BCUT2D eigenvalue weighted by Gasteiger charge is -2.28. The van der Waals surface area contributed by atoms with Crippen LogP contribution in [0.4, 0.5) is 15.7 Å². The summed E-state index contributed by atoms with van der Waals surface area (Å²) in [5.41, 5.74) is 6.81. The van der Waals surface area contributed by atoms with E-state index in [0.717, 1.165) is 80.5 Å². The van der Waals surface area contributed by atoms with Crippen LogP contribution >= 0.6 is 22.9 Å². The number of nitrogens with two attached hydrogens (primary N) is 1. The predicted molar refractivity (Wildman–Crippen MR) is 123 cm³/mol. The lowest BCUT2D eigenvalue weighted by Crippen LogP contribution is -2.32. The van der Waals surface area contributed by atoms with Crippen LogP contribution in [0.15, 0.2) is 17.6 Å². The van der Waals surface area contributed by atoms with Crippen molar-refractivity contribution in [1.29, 1.82) is 0 Å². The van der Waals surface area contributed by atoms with Gasteiger partial charge in [0.25, 0.3) is 0 Å². The van der Waals surface area contributed by atoms with E-state index in [-0.39, 0.29) is 12.1 Å². The molecule has 1 saturated heterocycles. The van der Waals surface area contributed by atoms with Crippen LogP contribution in [0.25, 0.3) is 11.3 Å². The molecule has 2 aliphatic rings. The highest BCUT2D eigenvalue weighted by Crippen LogP contribution is 2.33. The van der Waals surface area contributed by atoms with Crippen molar-refractivity contribution >= 4 is 40.0 Å². The van der Waals surface area contributed by atoms with Gasteiger partial charge in [0, 0.05) is 42.9 Å². The molecular weight excluding hydrogens is 438 g/mol. The van der Waals surface area contributed by atoms with Crippen molar-refractivity contribution < 1.29 is 14.3 Å². The van der Waals surface area contributed by atoms with Crippen molar-refractivity contribution in [2.45, 2.75) is 50.7 Å². The topological polar surface area (TPSA) is 111 Å². The highest BCUT2D eigenvalue weighted by Gasteiger charge is 2.24. The number of ether oxygens (including phenoxy) is 2. The molecule has 0 unspecified atom stereocenters. The molecule has 31 heavy (non-hydrogen) atoms. The summed E-state index contributed by atoms with van der Waals surface area (Å²) in [4.78, 5) is 20.1. The van der Waals surface area contributed by atoms with Gasteiger partial charge in [0.2, 0.25) is 0 Å². The first-order valence-electron chi connectivity index (χ1n) is 10.7. The standard InChI is InChI=1S/C21H28ClN5O3S/c22-17-11-24-19(26-14-1-3-15(4-2-14)30-20(23)28)9-16(17)18-12-31-21(27-18)25-10-13-5-7-29-8-6-13/h9,11-15H,1-8,10H2,(H2,23,28)(H,24,26)(H,25,27)/t14-,15-. The first-order chi connectivity index (χ1) is 15.1. The van der Waals surface area contributed by atoms with Gasteiger partial charge in [-0.15, -0.1) is 11.3 Å². The van der Waals surface area contributed by atoms with E-state index < -0.39 is 6.09 Å². The van der Waals surface area contributed by atoms with Crippen molar-refractivity contribution in [2.24, 2.45) is 11.7 Å². The molecule has 4 rings (SSSR count). The molecule has 8 nitrogen and oxygen atoms in total. The third-order valence-electron chi connectivity index (χ3n) is 5.83. The van der Waals surface area contributed by atoms with E-state index in [1.54, 1.807) is 17.5 Å². The summed E-state index contributed by atoms with van der Waals surface area (Å²) in [5, 5.41) is 10.4. The number of aromatic nitrogens is 2. The number of carbonyl (C=O) groups is 1. The Morgan fingerprint density at radius 3 is 2.77 bits per heavy atom. The zero-order valence-corrected chi connectivity index (χ0v) is 18.9. The lowest BCUT2D eigenvalue weighted by atomic mass is 9.93. The van der Waals surface area contributed by atoms with Gasteiger partial charge in [-0.2, -0.15) is 0 Å². The van der Waals surface area contributed by atoms with Crippen molar-refractivity contribution in [3.63, 3.8) is 0 Å². The van der Waals surface area contributed by atoms with E-state index in [1.807, 2.05) is 11.4 Å². The summed E-state index contributed by atoms with van der Waals surface area (Å²) in [5.74, 6) is 1.40. The Morgan fingerprint density at radius 2 is 2.03 bits per heavy atom. The van der Waals surface area contributed by atoms with E-state index in [2.05, 4.69) is 15.6 Å². The maximum absolute atomic E-state index is 10.9. The number of pyridine rings is 1. The number of primary amides is 1. The minimum absolute atomic E-state index is 0.0913. The monoisotopic (exact) mass is 465 g/mol. The number of thiazole rings is 1. The van der Waals surface area contributed by atoms with E-state index >= 15 is 0 Å². The molecule has 0 radical (unpaired) electrons. The second-order valence-electron chi connectivity index (χ2n) is 8.08. The Labute approximate surface area is 190 Å². The van der Waals surface area contributed by atoms with Crippen molar-refractivity contribution in [3.8, 4) is 11.3 Å². The Balaban J connectivity index is 1.35. The third-order valence-corrected chi connectivity index (χ3v) is 6.93. The number of rotatable bonds is 7. The van der Waals surface area contributed by atoms with Crippen molar-refractivity contribution in [2.75, 3.05) is 30.4 Å². The van der Waals surface area contributed by atoms with Gasteiger partial charge in [0.15, 0.2) is 5.13 Å².